The number of rotatable bonds is 4. The Hall–Kier alpha value is -0.220. The molecule has 3 N–H and O–H groups in total. The smallest absolute Gasteiger partial charge is 0.223 e. The zero-order valence-corrected chi connectivity index (χ0v) is 9.61. The Kier molecular flexibility index (Phi) is 5.33. The normalized spacial score (nSPS) is 27.3. The van der Waals surface area contributed by atoms with Gasteiger partial charge < -0.3 is 11.1 Å². The Morgan fingerprint density at radius 2 is 2.07 bits per heavy atom. The molecule has 1 fully saturated rings. The molecule has 3 nitrogen and oxygen atoms in total. The molecule has 0 radical (unpaired) electrons. The van der Waals surface area contributed by atoms with Gasteiger partial charge in [-0.15, -0.1) is 0 Å². The van der Waals surface area contributed by atoms with E-state index in [-0.39, 0.29) is 11.8 Å². The molecule has 1 rings (SSSR count). The highest BCUT2D eigenvalue weighted by Crippen LogP contribution is 2.22. The average molecular weight is 216 g/mol. The van der Waals surface area contributed by atoms with E-state index in [1.807, 2.05) is 6.26 Å². The fourth-order valence-corrected chi connectivity index (χ4v) is 2.11. The lowest BCUT2D eigenvalue weighted by Gasteiger charge is -2.25. The van der Waals surface area contributed by atoms with E-state index >= 15 is 0 Å². The van der Waals surface area contributed by atoms with Crippen molar-refractivity contribution in [3.05, 3.63) is 0 Å². The second kappa shape index (κ2) is 6.30. The van der Waals surface area contributed by atoms with Crippen molar-refractivity contribution in [2.45, 2.75) is 31.7 Å². The number of nitrogens with two attached hydrogens (primary N) is 1. The summed E-state index contributed by atoms with van der Waals surface area (Å²) in [6.07, 6.45) is 5.98. The molecule has 1 amide bonds. The molecule has 1 aliphatic rings. The third-order valence-electron chi connectivity index (χ3n) is 2.75. The lowest BCUT2D eigenvalue weighted by Crippen LogP contribution is -2.37. The summed E-state index contributed by atoms with van der Waals surface area (Å²) in [5, 5.41) is 2.97. The van der Waals surface area contributed by atoms with Crippen LogP contribution in [0.15, 0.2) is 0 Å². The van der Waals surface area contributed by atoms with Gasteiger partial charge in [-0.05, 0) is 31.9 Å². The van der Waals surface area contributed by atoms with E-state index in [1.54, 1.807) is 11.8 Å². The summed E-state index contributed by atoms with van der Waals surface area (Å²) in [5.41, 5.74) is 5.78. The summed E-state index contributed by atoms with van der Waals surface area (Å²) in [6, 6.07) is 0.324. The minimum Gasteiger partial charge on any atom is -0.355 e. The van der Waals surface area contributed by atoms with Crippen molar-refractivity contribution in [1.82, 2.24) is 5.32 Å². The molecule has 82 valence electrons. The van der Waals surface area contributed by atoms with Crippen LogP contribution in [0.4, 0.5) is 0 Å². The van der Waals surface area contributed by atoms with Crippen LogP contribution in [-0.2, 0) is 4.79 Å². The highest BCUT2D eigenvalue weighted by molar-refractivity contribution is 7.98. The van der Waals surface area contributed by atoms with Gasteiger partial charge in [0.05, 0.1) is 0 Å². The van der Waals surface area contributed by atoms with Gasteiger partial charge in [0, 0.05) is 24.3 Å². The Bertz CT molecular complexity index is 179. The highest BCUT2D eigenvalue weighted by atomic mass is 32.2. The first-order chi connectivity index (χ1) is 6.74. The van der Waals surface area contributed by atoms with Crippen LogP contribution in [0, 0.1) is 5.92 Å². The first-order valence-corrected chi connectivity index (χ1v) is 6.65. The Balaban J connectivity index is 2.17. The van der Waals surface area contributed by atoms with Crippen LogP contribution in [0.2, 0.25) is 0 Å². The fourth-order valence-electron chi connectivity index (χ4n) is 1.80. The molecular formula is C10H20N2OS. The number of nitrogens with one attached hydrogen (secondary N) is 1. The number of thioether (sulfide) groups is 1. The standard InChI is InChI=1S/C10H20N2OS/c1-14-7-6-12-10(13)8-2-4-9(11)5-3-8/h8-9H,2-7,11H2,1H3,(H,12,13). The van der Waals surface area contributed by atoms with E-state index < -0.39 is 0 Å². The van der Waals surface area contributed by atoms with Gasteiger partial charge in [0.15, 0.2) is 0 Å². The lowest BCUT2D eigenvalue weighted by molar-refractivity contribution is -0.125. The van der Waals surface area contributed by atoms with Crippen LogP contribution in [0.1, 0.15) is 25.7 Å². The zero-order chi connectivity index (χ0) is 10.4. The number of hydrogen-bond acceptors (Lipinski definition) is 3. The Morgan fingerprint density at radius 3 is 2.64 bits per heavy atom. The molecule has 0 aliphatic heterocycles. The van der Waals surface area contributed by atoms with Crippen LogP contribution >= 0.6 is 11.8 Å². The summed E-state index contributed by atoms with van der Waals surface area (Å²) in [4.78, 5) is 11.6. The van der Waals surface area contributed by atoms with Gasteiger partial charge in [-0.3, -0.25) is 4.79 Å². The van der Waals surface area contributed by atoms with E-state index in [1.165, 1.54) is 0 Å². The van der Waals surface area contributed by atoms with E-state index in [0.29, 0.717) is 6.04 Å². The molecule has 0 spiro atoms. The van der Waals surface area contributed by atoms with Crippen molar-refractivity contribution < 1.29 is 4.79 Å². The fraction of sp³-hybridized carbons (Fsp3) is 0.900. The molecule has 0 aromatic carbocycles. The van der Waals surface area contributed by atoms with Gasteiger partial charge in [-0.25, -0.2) is 0 Å². The maximum atomic E-state index is 11.6. The monoisotopic (exact) mass is 216 g/mol. The van der Waals surface area contributed by atoms with Crippen LogP contribution in [0.5, 0.6) is 0 Å². The van der Waals surface area contributed by atoms with E-state index in [2.05, 4.69) is 5.32 Å². The molecule has 4 heteroatoms. The molecule has 0 bridgehead atoms. The van der Waals surface area contributed by atoms with Crippen LogP contribution in [0.25, 0.3) is 0 Å². The maximum absolute atomic E-state index is 11.6. The first-order valence-electron chi connectivity index (χ1n) is 5.26. The van der Waals surface area contributed by atoms with Gasteiger partial charge in [0.25, 0.3) is 0 Å². The van der Waals surface area contributed by atoms with Crippen molar-refractivity contribution in [1.29, 1.82) is 0 Å². The molecule has 1 saturated carbocycles. The molecule has 0 unspecified atom stereocenters. The number of hydrogen-bond donors (Lipinski definition) is 2. The summed E-state index contributed by atoms with van der Waals surface area (Å²) in [5.74, 6) is 1.44. The quantitative estimate of drug-likeness (QED) is 0.689. The third-order valence-corrected chi connectivity index (χ3v) is 3.36. The zero-order valence-electron chi connectivity index (χ0n) is 8.79. The number of carbonyl (C=O) groups excluding carboxylic acids is 1. The van der Waals surface area contributed by atoms with Gasteiger partial charge in [-0.1, -0.05) is 0 Å². The lowest BCUT2D eigenvalue weighted by atomic mass is 9.86. The van der Waals surface area contributed by atoms with Crippen molar-refractivity contribution >= 4 is 17.7 Å². The van der Waals surface area contributed by atoms with Crippen LogP contribution < -0.4 is 11.1 Å². The largest absolute Gasteiger partial charge is 0.355 e. The van der Waals surface area contributed by atoms with Crippen molar-refractivity contribution in [2.75, 3.05) is 18.6 Å². The topological polar surface area (TPSA) is 55.1 Å². The summed E-state index contributed by atoms with van der Waals surface area (Å²) in [7, 11) is 0. The minimum atomic E-state index is 0.219. The number of carbonyl (C=O) groups is 1. The van der Waals surface area contributed by atoms with Crippen molar-refractivity contribution in [3.8, 4) is 0 Å². The number of amides is 1. The maximum Gasteiger partial charge on any atom is 0.223 e. The molecule has 0 aromatic heterocycles. The van der Waals surface area contributed by atoms with E-state index in [0.717, 1.165) is 38.0 Å². The molecule has 1 aliphatic carbocycles. The average Bonchev–Trinajstić information content (AvgIpc) is 2.19. The molecule has 0 saturated heterocycles. The minimum absolute atomic E-state index is 0.219. The van der Waals surface area contributed by atoms with Crippen LogP contribution in [0.3, 0.4) is 0 Å². The van der Waals surface area contributed by atoms with Gasteiger partial charge in [-0.2, -0.15) is 11.8 Å². The SMILES string of the molecule is CSCCNC(=O)C1CCC(N)CC1. The molecule has 0 heterocycles. The highest BCUT2D eigenvalue weighted by Gasteiger charge is 2.23. The van der Waals surface area contributed by atoms with Gasteiger partial charge in [0.2, 0.25) is 5.91 Å². The van der Waals surface area contributed by atoms with Crippen molar-refractivity contribution in [3.63, 3.8) is 0 Å². The Labute approximate surface area is 90.2 Å². The molecule has 14 heavy (non-hydrogen) atoms. The van der Waals surface area contributed by atoms with E-state index in [9.17, 15) is 4.79 Å². The first kappa shape index (κ1) is 11.9. The summed E-state index contributed by atoms with van der Waals surface area (Å²) < 4.78 is 0. The molecule has 0 atom stereocenters. The van der Waals surface area contributed by atoms with E-state index in [4.69, 9.17) is 5.73 Å². The predicted molar refractivity (Wildman–Crippen MR) is 61.3 cm³/mol. The second-order valence-electron chi connectivity index (χ2n) is 3.90. The summed E-state index contributed by atoms with van der Waals surface area (Å²) >= 11 is 1.76. The molecular weight excluding hydrogens is 196 g/mol. The van der Waals surface area contributed by atoms with Gasteiger partial charge in [0.1, 0.15) is 0 Å². The van der Waals surface area contributed by atoms with Crippen LogP contribution in [-0.4, -0.2) is 30.5 Å². The third kappa shape index (κ3) is 3.88. The summed E-state index contributed by atoms with van der Waals surface area (Å²) in [6.45, 7) is 0.794. The Morgan fingerprint density at radius 1 is 1.43 bits per heavy atom. The van der Waals surface area contributed by atoms with Crippen molar-refractivity contribution in [2.24, 2.45) is 11.7 Å². The predicted octanol–water partition coefficient (Wildman–Crippen LogP) is 0.983. The second-order valence-corrected chi connectivity index (χ2v) is 4.88. The van der Waals surface area contributed by atoms with Gasteiger partial charge >= 0.3 is 0 Å². The molecule has 0 aromatic rings.